The van der Waals surface area contributed by atoms with Gasteiger partial charge in [0.05, 0.1) is 29.7 Å². The van der Waals surface area contributed by atoms with Crippen LogP contribution in [0.3, 0.4) is 0 Å². The van der Waals surface area contributed by atoms with Crippen LogP contribution < -0.4 is 5.32 Å². The Labute approximate surface area is 173 Å². The summed E-state index contributed by atoms with van der Waals surface area (Å²) < 4.78 is 16.7. The summed E-state index contributed by atoms with van der Waals surface area (Å²) in [6.45, 7) is 7.89. The van der Waals surface area contributed by atoms with E-state index in [4.69, 9.17) is 0 Å². The van der Waals surface area contributed by atoms with E-state index in [1.165, 1.54) is 12.1 Å². The highest BCUT2D eigenvalue weighted by Gasteiger charge is 2.18. The van der Waals surface area contributed by atoms with Gasteiger partial charge in [-0.3, -0.25) is 4.79 Å². The summed E-state index contributed by atoms with van der Waals surface area (Å²) in [7, 11) is 0. The number of carbonyl (C=O) groups excluding carboxylic acids is 1. The third kappa shape index (κ3) is 3.56. The Morgan fingerprint density at radius 3 is 2.50 bits per heavy atom. The average Bonchev–Trinajstić information content (AvgIpc) is 3.31. The lowest BCUT2D eigenvalue weighted by atomic mass is 10.1. The van der Waals surface area contributed by atoms with Crippen LogP contribution in [0.1, 0.15) is 54.5 Å². The number of amides is 1. The number of aromatic nitrogens is 5. The second kappa shape index (κ2) is 7.70. The largest absolute Gasteiger partial charge is 0.345 e. The molecule has 4 rings (SSSR count). The standard InChI is InChI=1S/C22H23FN6O/c1-13(2)28-21-16(11-25-28)9-17(10-24-21)22(30)27-14(3)20-12-26-29(15(20)4)19-7-5-18(23)6-8-19/h5-14H,1-4H3,(H,27,30). The van der Waals surface area contributed by atoms with Gasteiger partial charge < -0.3 is 5.32 Å². The highest BCUT2D eigenvalue weighted by molar-refractivity contribution is 5.97. The van der Waals surface area contributed by atoms with E-state index >= 15 is 0 Å². The van der Waals surface area contributed by atoms with Crippen molar-refractivity contribution in [2.24, 2.45) is 0 Å². The smallest absolute Gasteiger partial charge is 0.253 e. The van der Waals surface area contributed by atoms with Crippen molar-refractivity contribution in [3.05, 3.63) is 71.6 Å². The third-order valence-corrected chi connectivity index (χ3v) is 5.12. The molecule has 30 heavy (non-hydrogen) atoms. The Morgan fingerprint density at radius 2 is 1.80 bits per heavy atom. The van der Waals surface area contributed by atoms with Crippen LogP contribution in [0.25, 0.3) is 16.7 Å². The molecule has 0 saturated carbocycles. The molecule has 0 radical (unpaired) electrons. The molecule has 4 aromatic rings. The third-order valence-electron chi connectivity index (χ3n) is 5.12. The minimum absolute atomic E-state index is 0.190. The number of fused-ring (bicyclic) bond motifs is 1. The number of halogens is 1. The van der Waals surface area contributed by atoms with Gasteiger partial charge in [0.2, 0.25) is 0 Å². The summed E-state index contributed by atoms with van der Waals surface area (Å²) in [5.41, 5.74) is 3.75. The van der Waals surface area contributed by atoms with Gasteiger partial charge in [-0.05, 0) is 58.0 Å². The zero-order valence-electron chi connectivity index (χ0n) is 17.3. The summed E-state index contributed by atoms with van der Waals surface area (Å²) in [6, 6.07) is 7.85. The van der Waals surface area contributed by atoms with Gasteiger partial charge in [-0.1, -0.05) is 0 Å². The minimum Gasteiger partial charge on any atom is -0.345 e. The van der Waals surface area contributed by atoms with Gasteiger partial charge in [-0.15, -0.1) is 0 Å². The van der Waals surface area contributed by atoms with E-state index in [1.54, 1.807) is 41.5 Å². The number of benzene rings is 1. The quantitative estimate of drug-likeness (QED) is 0.540. The maximum absolute atomic E-state index is 13.2. The molecule has 3 aromatic heterocycles. The lowest BCUT2D eigenvalue weighted by Gasteiger charge is -2.14. The molecule has 1 N–H and O–H groups in total. The predicted molar refractivity (Wildman–Crippen MR) is 112 cm³/mol. The Kier molecular flexibility index (Phi) is 5.07. The van der Waals surface area contributed by atoms with Gasteiger partial charge in [0.15, 0.2) is 5.65 Å². The first kappa shape index (κ1) is 19.8. The fourth-order valence-electron chi connectivity index (χ4n) is 3.49. The number of hydrogen-bond acceptors (Lipinski definition) is 4. The molecular formula is C22H23FN6O. The van der Waals surface area contributed by atoms with E-state index in [2.05, 4.69) is 20.5 Å². The summed E-state index contributed by atoms with van der Waals surface area (Å²) >= 11 is 0. The number of rotatable bonds is 5. The van der Waals surface area contributed by atoms with Crippen LogP contribution in [0.2, 0.25) is 0 Å². The predicted octanol–water partition coefficient (Wildman–Crippen LogP) is 4.14. The molecule has 1 amide bonds. The first-order valence-corrected chi connectivity index (χ1v) is 9.79. The second-order valence-corrected chi connectivity index (χ2v) is 7.59. The molecule has 8 heteroatoms. The fraction of sp³-hybridized carbons (Fsp3) is 0.273. The molecule has 0 aliphatic rings. The Balaban J connectivity index is 1.54. The molecule has 0 aliphatic heterocycles. The van der Waals surface area contributed by atoms with E-state index in [-0.39, 0.29) is 23.8 Å². The van der Waals surface area contributed by atoms with Crippen molar-refractivity contribution in [3.63, 3.8) is 0 Å². The Hall–Kier alpha value is -3.55. The Morgan fingerprint density at radius 1 is 1.07 bits per heavy atom. The van der Waals surface area contributed by atoms with Crippen molar-refractivity contribution in [2.75, 3.05) is 0 Å². The lowest BCUT2D eigenvalue weighted by Crippen LogP contribution is -2.27. The van der Waals surface area contributed by atoms with E-state index in [0.29, 0.717) is 5.56 Å². The van der Waals surface area contributed by atoms with Gasteiger partial charge in [0, 0.05) is 28.9 Å². The molecule has 0 fully saturated rings. The molecule has 0 bridgehead atoms. The molecule has 0 spiro atoms. The molecule has 3 heterocycles. The molecule has 154 valence electrons. The van der Waals surface area contributed by atoms with Gasteiger partial charge >= 0.3 is 0 Å². The molecule has 7 nitrogen and oxygen atoms in total. The van der Waals surface area contributed by atoms with Crippen molar-refractivity contribution < 1.29 is 9.18 Å². The lowest BCUT2D eigenvalue weighted by molar-refractivity contribution is 0.0939. The van der Waals surface area contributed by atoms with Crippen LogP contribution in [-0.4, -0.2) is 30.5 Å². The van der Waals surface area contributed by atoms with Crippen molar-refractivity contribution in [3.8, 4) is 5.69 Å². The van der Waals surface area contributed by atoms with Crippen LogP contribution in [0.5, 0.6) is 0 Å². The molecule has 0 saturated heterocycles. The maximum atomic E-state index is 13.2. The van der Waals surface area contributed by atoms with Gasteiger partial charge in [-0.2, -0.15) is 10.2 Å². The Bertz CT molecular complexity index is 1210. The summed E-state index contributed by atoms with van der Waals surface area (Å²) in [5.74, 6) is -0.517. The SMILES string of the molecule is Cc1c(C(C)NC(=O)c2cnc3c(cnn3C(C)C)c2)cnn1-c1ccc(F)cc1. The highest BCUT2D eigenvalue weighted by atomic mass is 19.1. The average molecular weight is 406 g/mol. The summed E-state index contributed by atoms with van der Waals surface area (Å²) in [4.78, 5) is 17.2. The molecule has 1 unspecified atom stereocenters. The van der Waals surface area contributed by atoms with Crippen LogP contribution in [0.15, 0.2) is 48.9 Å². The van der Waals surface area contributed by atoms with E-state index in [1.807, 2.05) is 32.4 Å². The number of carbonyl (C=O) groups is 1. The zero-order valence-corrected chi connectivity index (χ0v) is 17.3. The van der Waals surface area contributed by atoms with E-state index in [0.717, 1.165) is 28.0 Å². The van der Waals surface area contributed by atoms with Crippen molar-refractivity contribution in [2.45, 2.75) is 39.8 Å². The molecular weight excluding hydrogens is 383 g/mol. The number of hydrogen-bond donors (Lipinski definition) is 1. The number of pyridine rings is 1. The van der Waals surface area contributed by atoms with Crippen LogP contribution in [-0.2, 0) is 0 Å². The van der Waals surface area contributed by atoms with Crippen LogP contribution in [0.4, 0.5) is 4.39 Å². The molecule has 1 aromatic carbocycles. The first-order chi connectivity index (χ1) is 14.3. The minimum atomic E-state index is -0.297. The van der Waals surface area contributed by atoms with Crippen molar-refractivity contribution in [1.29, 1.82) is 0 Å². The van der Waals surface area contributed by atoms with Gasteiger partial charge in [0.1, 0.15) is 5.82 Å². The van der Waals surface area contributed by atoms with E-state index in [9.17, 15) is 9.18 Å². The second-order valence-electron chi connectivity index (χ2n) is 7.59. The molecule has 0 aliphatic carbocycles. The summed E-state index contributed by atoms with van der Waals surface area (Å²) in [5, 5.41) is 12.6. The van der Waals surface area contributed by atoms with Gasteiger partial charge in [-0.25, -0.2) is 18.7 Å². The first-order valence-electron chi connectivity index (χ1n) is 9.79. The van der Waals surface area contributed by atoms with E-state index < -0.39 is 0 Å². The number of nitrogens with zero attached hydrogens (tertiary/aromatic N) is 5. The van der Waals surface area contributed by atoms with Crippen molar-refractivity contribution in [1.82, 2.24) is 29.9 Å². The summed E-state index contributed by atoms with van der Waals surface area (Å²) in [6.07, 6.45) is 5.01. The zero-order chi connectivity index (χ0) is 21.4. The highest BCUT2D eigenvalue weighted by Crippen LogP contribution is 2.22. The van der Waals surface area contributed by atoms with Crippen LogP contribution >= 0.6 is 0 Å². The monoisotopic (exact) mass is 406 g/mol. The van der Waals surface area contributed by atoms with Crippen molar-refractivity contribution >= 4 is 16.9 Å². The van der Waals surface area contributed by atoms with Gasteiger partial charge in [0.25, 0.3) is 5.91 Å². The normalized spacial score (nSPS) is 12.5. The number of nitrogens with one attached hydrogen (secondary N) is 1. The maximum Gasteiger partial charge on any atom is 0.253 e. The van der Waals surface area contributed by atoms with Crippen LogP contribution in [0, 0.1) is 12.7 Å². The molecule has 1 atom stereocenters. The fourth-order valence-corrected chi connectivity index (χ4v) is 3.49. The topological polar surface area (TPSA) is 77.6 Å².